The second-order valence-corrected chi connectivity index (χ2v) is 6.85. The van der Waals surface area contributed by atoms with Crippen molar-refractivity contribution < 1.29 is 23.9 Å². The van der Waals surface area contributed by atoms with Crippen molar-refractivity contribution in [2.45, 2.75) is 34.6 Å². The molecule has 0 spiro atoms. The highest BCUT2D eigenvalue weighted by molar-refractivity contribution is 6.01. The Morgan fingerprint density at radius 3 is 2.17 bits per heavy atom. The maximum atomic E-state index is 12.2. The van der Waals surface area contributed by atoms with E-state index in [1.54, 1.807) is 13.8 Å². The highest BCUT2D eigenvalue weighted by Crippen LogP contribution is 2.20. The number of nitrogens with one attached hydrogen (secondary N) is 3. The Kier molecular flexibility index (Phi) is 6.93. The molecule has 3 N–H and O–H groups in total. The number of H-pyrrole nitrogens is 1. The summed E-state index contributed by atoms with van der Waals surface area (Å²) in [5, 5.41) is 5.16. The van der Waals surface area contributed by atoms with Gasteiger partial charge in [-0.3, -0.25) is 14.4 Å². The number of hydrogen-bond donors (Lipinski definition) is 3. The van der Waals surface area contributed by atoms with Crippen LogP contribution in [-0.4, -0.2) is 41.7 Å². The summed E-state index contributed by atoms with van der Waals surface area (Å²) in [4.78, 5) is 50.6. The minimum atomic E-state index is -0.742. The molecule has 1 aromatic carbocycles. The molecule has 8 nitrogen and oxygen atoms in total. The van der Waals surface area contributed by atoms with Gasteiger partial charge in [-0.2, -0.15) is 0 Å². The highest BCUT2D eigenvalue weighted by atomic mass is 16.5. The molecule has 0 saturated carbocycles. The van der Waals surface area contributed by atoms with Crippen LogP contribution in [0.1, 0.15) is 50.2 Å². The molecule has 0 bridgehead atoms. The van der Waals surface area contributed by atoms with Gasteiger partial charge in [0.25, 0.3) is 5.91 Å². The molecule has 1 heterocycles. The van der Waals surface area contributed by atoms with E-state index in [1.165, 1.54) is 6.92 Å². The van der Waals surface area contributed by atoms with Gasteiger partial charge in [-0.1, -0.05) is 18.2 Å². The van der Waals surface area contributed by atoms with Crippen molar-refractivity contribution in [3.63, 3.8) is 0 Å². The van der Waals surface area contributed by atoms with Gasteiger partial charge in [0.2, 0.25) is 5.91 Å². The molecule has 0 aliphatic carbocycles. The summed E-state index contributed by atoms with van der Waals surface area (Å²) in [6.07, 6.45) is 0. The van der Waals surface area contributed by atoms with Gasteiger partial charge in [-0.05, 0) is 51.3 Å². The van der Waals surface area contributed by atoms with Gasteiger partial charge >= 0.3 is 5.97 Å². The van der Waals surface area contributed by atoms with E-state index in [2.05, 4.69) is 15.6 Å². The average Bonchev–Trinajstić information content (AvgIpc) is 2.95. The number of ether oxygens (including phenoxy) is 1. The van der Waals surface area contributed by atoms with E-state index < -0.39 is 18.5 Å². The third-order valence-electron chi connectivity index (χ3n) is 4.52. The largest absolute Gasteiger partial charge is 0.451 e. The fourth-order valence-electron chi connectivity index (χ4n) is 3.11. The zero-order chi connectivity index (χ0) is 21.7. The van der Waals surface area contributed by atoms with Gasteiger partial charge in [-0.25, -0.2) is 4.79 Å². The van der Waals surface area contributed by atoms with Crippen molar-refractivity contribution in [3.8, 4) is 0 Å². The van der Waals surface area contributed by atoms with E-state index in [0.717, 1.165) is 11.1 Å². The van der Waals surface area contributed by atoms with Crippen LogP contribution in [0.5, 0.6) is 0 Å². The van der Waals surface area contributed by atoms with E-state index in [0.29, 0.717) is 22.5 Å². The van der Waals surface area contributed by atoms with E-state index in [4.69, 9.17) is 4.74 Å². The Morgan fingerprint density at radius 2 is 1.62 bits per heavy atom. The molecule has 0 atom stereocenters. The number of carbonyl (C=O) groups excluding carboxylic acids is 4. The Bertz CT molecular complexity index is 955. The summed E-state index contributed by atoms with van der Waals surface area (Å²) < 4.78 is 4.98. The minimum absolute atomic E-state index is 0.133. The lowest BCUT2D eigenvalue weighted by Crippen LogP contribution is -2.35. The topological polar surface area (TPSA) is 117 Å². The average molecular weight is 399 g/mol. The zero-order valence-electron chi connectivity index (χ0n) is 17.2. The second-order valence-electron chi connectivity index (χ2n) is 6.85. The summed E-state index contributed by atoms with van der Waals surface area (Å²) in [6.45, 7) is 7.69. The molecule has 0 aliphatic heterocycles. The van der Waals surface area contributed by atoms with E-state index in [1.807, 2.05) is 32.0 Å². The lowest BCUT2D eigenvalue weighted by Gasteiger charge is -2.12. The first-order chi connectivity index (χ1) is 13.6. The molecule has 1 aromatic heterocycles. The molecule has 8 heteroatoms. The molecular formula is C21H25N3O5. The summed E-state index contributed by atoms with van der Waals surface area (Å²) in [6, 6.07) is 5.65. The fourth-order valence-corrected chi connectivity index (χ4v) is 3.11. The van der Waals surface area contributed by atoms with Crippen LogP contribution in [0.2, 0.25) is 0 Å². The van der Waals surface area contributed by atoms with Crippen LogP contribution in [0.3, 0.4) is 0 Å². The number of ketones is 1. The standard InChI is InChI=1S/C21H25N3O5/c1-11-7-6-8-12(2)19(11)24-16(26)9-22-17(27)10-29-21(28)20-13(3)18(15(5)25)14(4)23-20/h6-8,23H,9-10H2,1-5H3,(H,22,27)(H,24,26). The Hall–Kier alpha value is -3.42. The van der Waals surface area contributed by atoms with Crippen molar-refractivity contribution >= 4 is 29.3 Å². The van der Waals surface area contributed by atoms with Crippen LogP contribution < -0.4 is 10.6 Å². The molecule has 0 fully saturated rings. The van der Waals surface area contributed by atoms with Crippen LogP contribution in [0.4, 0.5) is 5.69 Å². The summed E-state index contributed by atoms with van der Waals surface area (Å²) in [7, 11) is 0. The van der Waals surface area contributed by atoms with E-state index in [9.17, 15) is 19.2 Å². The number of esters is 1. The zero-order valence-corrected chi connectivity index (χ0v) is 17.2. The van der Waals surface area contributed by atoms with Crippen molar-refractivity contribution in [3.05, 3.63) is 51.8 Å². The molecule has 2 aromatic rings. The Balaban J connectivity index is 1.86. The van der Waals surface area contributed by atoms with Crippen molar-refractivity contribution in [2.75, 3.05) is 18.5 Å². The number of Topliss-reactive ketones (excluding diaryl/α,β-unsaturated/α-hetero) is 1. The van der Waals surface area contributed by atoms with Gasteiger partial charge in [0.05, 0.1) is 6.54 Å². The number of carbonyl (C=O) groups is 4. The van der Waals surface area contributed by atoms with E-state index in [-0.39, 0.29) is 23.9 Å². The highest BCUT2D eigenvalue weighted by Gasteiger charge is 2.21. The first-order valence-electron chi connectivity index (χ1n) is 9.11. The van der Waals surface area contributed by atoms with Gasteiger partial charge in [0, 0.05) is 16.9 Å². The Morgan fingerprint density at radius 1 is 1.00 bits per heavy atom. The smallest absolute Gasteiger partial charge is 0.355 e. The lowest BCUT2D eigenvalue weighted by atomic mass is 10.1. The first-order valence-corrected chi connectivity index (χ1v) is 9.11. The molecular weight excluding hydrogens is 374 g/mol. The number of para-hydroxylation sites is 1. The molecule has 2 rings (SSSR count). The minimum Gasteiger partial charge on any atom is -0.451 e. The van der Waals surface area contributed by atoms with Crippen molar-refractivity contribution in [2.24, 2.45) is 0 Å². The monoisotopic (exact) mass is 399 g/mol. The number of amides is 2. The number of aryl methyl sites for hydroxylation is 3. The molecule has 0 radical (unpaired) electrons. The van der Waals surface area contributed by atoms with Crippen LogP contribution in [0.15, 0.2) is 18.2 Å². The van der Waals surface area contributed by atoms with Gasteiger partial charge < -0.3 is 20.4 Å². The SMILES string of the molecule is CC(=O)c1c(C)[nH]c(C(=O)OCC(=O)NCC(=O)Nc2c(C)cccc2C)c1C. The normalized spacial score (nSPS) is 10.4. The molecule has 0 aliphatic rings. The van der Waals surface area contributed by atoms with E-state index >= 15 is 0 Å². The third-order valence-corrected chi connectivity index (χ3v) is 4.52. The van der Waals surface area contributed by atoms with Crippen LogP contribution in [-0.2, 0) is 14.3 Å². The molecule has 29 heavy (non-hydrogen) atoms. The van der Waals surface area contributed by atoms with Gasteiger partial charge in [0.15, 0.2) is 12.4 Å². The maximum Gasteiger partial charge on any atom is 0.355 e. The van der Waals surface area contributed by atoms with Crippen LogP contribution in [0, 0.1) is 27.7 Å². The Labute approximate surface area is 169 Å². The predicted octanol–water partition coefficient (Wildman–Crippen LogP) is 2.36. The first kappa shape index (κ1) is 21.9. The third kappa shape index (κ3) is 5.31. The molecule has 2 amide bonds. The summed E-state index contributed by atoms with van der Waals surface area (Å²) in [5.74, 6) is -1.90. The molecule has 0 saturated heterocycles. The number of hydrogen-bond acceptors (Lipinski definition) is 5. The van der Waals surface area contributed by atoms with Crippen LogP contribution >= 0.6 is 0 Å². The summed E-state index contributed by atoms with van der Waals surface area (Å²) >= 11 is 0. The second kappa shape index (κ2) is 9.18. The summed E-state index contributed by atoms with van der Waals surface area (Å²) in [5.41, 5.74) is 4.15. The maximum absolute atomic E-state index is 12.2. The van der Waals surface area contributed by atoms with Gasteiger partial charge in [0.1, 0.15) is 5.69 Å². The number of aromatic amines is 1. The molecule has 154 valence electrons. The van der Waals surface area contributed by atoms with Crippen molar-refractivity contribution in [1.29, 1.82) is 0 Å². The lowest BCUT2D eigenvalue weighted by molar-refractivity contribution is -0.126. The quantitative estimate of drug-likeness (QED) is 0.488. The van der Waals surface area contributed by atoms with Gasteiger partial charge in [-0.15, -0.1) is 0 Å². The number of aromatic nitrogens is 1. The number of rotatable bonds is 7. The fraction of sp³-hybridized carbons (Fsp3) is 0.333. The molecule has 0 unspecified atom stereocenters. The predicted molar refractivity (Wildman–Crippen MR) is 108 cm³/mol. The van der Waals surface area contributed by atoms with Crippen molar-refractivity contribution in [1.82, 2.24) is 10.3 Å². The number of anilines is 1. The number of benzene rings is 1. The van der Waals surface area contributed by atoms with Crippen LogP contribution in [0.25, 0.3) is 0 Å².